The van der Waals surface area contributed by atoms with Crippen molar-refractivity contribution in [2.45, 2.75) is 25.9 Å². The van der Waals surface area contributed by atoms with E-state index < -0.39 is 0 Å². The lowest BCUT2D eigenvalue weighted by Gasteiger charge is -2.32. The van der Waals surface area contributed by atoms with Gasteiger partial charge in [0.25, 0.3) is 5.91 Å². The molecule has 0 N–H and O–H groups in total. The maximum Gasteiger partial charge on any atom is 0.255 e. The molecule has 0 bridgehead atoms. The third-order valence-electron chi connectivity index (χ3n) is 4.64. The molecule has 4 nitrogen and oxygen atoms in total. The summed E-state index contributed by atoms with van der Waals surface area (Å²) in [6.07, 6.45) is 6.26. The van der Waals surface area contributed by atoms with Gasteiger partial charge in [-0.1, -0.05) is 12.1 Å². The molecule has 1 aliphatic rings. The molecule has 1 aromatic heterocycles. The summed E-state index contributed by atoms with van der Waals surface area (Å²) < 4.78 is 18.8. The molecular formula is C20H23FN2O2. The van der Waals surface area contributed by atoms with Gasteiger partial charge in [0.2, 0.25) is 0 Å². The van der Waals surface area contributed by atoms with Crippen LogP contribution in [0.4, 0.5) is 4.39 Å². The summed E-state index contributed by atoms with van der Waals surface area (Å²) >= 11 is 0. The van der Waals surface area contributed by atoms with Crippen molar-refractivity contribution in [2.24, 2.45) is 5.92 Å². The van der Waals surface area contributed by atoms with Crippen molar-refractivity contribution < 1.29 is 13.9 Å². The first-order chi connectivity index (χ1) is 12.2. The Balaban J connectivity index is 1.36. The number of pyridine rings is 1. The Morgan fingerprint density at radius 2 is 2.08 bits per heavy atom. The SMILES string of the molecule is O=C(c1cccnc1)N1CCC(CCOCc2cccc(F)c2)CC1. The van der Waals surface area contributed by atoms with E-state index in [1.54, 1.807) is 24.5 Å². The van der Waals surface area contributed by atoms with Crippen molar-refractivity contribution in [3.63, 3.8) is 0 Å². The molecule has 3 rings (SSSR count). The van der Waals surface area contributed by atoms with Gasteiger partial charge in [-0.2, -0.15) is 0 Å². The minimum absolute atomic E-state index is 0.0638. The number of nitrogens with zero attached hydrogens (tertiary/aromatic N) is 2. The second-order valence-corrected chi connectivity index (χ2v) is 6.45. The number of aromatic nitrogens is 1. The van der Waals surface area contributed by atoms with E-state index in [0.29, 0.717) is 24.7 Å². The van der Waals surface area contributed by atoms with Gasteiger partial charge in [-0.15, -0.1) is 0 Å². The molecule has 0 atom stereocenters. The summed E-state index contributed by atoms with van der Waals surface area (Å²) in [5, 5.41) is 0. The zero-order chi connectivity index (χ0) is 17.5. The van der Waals surface area contributed by atoms with Crippen LogP contribution in [0.15, 0.2) is 48.8 Å². The fraction of sp³-hybridized carbons (Fsp3) is 0.400. The highest BCUT2D eigenvalue weighted by molar-refractivity contribution is 5.93. The molecule has 0 radical (unpaired) electrons. The molecule has 0 spiro atoms. The monoisotopic (exact) mass is 342 g/mol. The summed E-state index contributed by atoms with van der Waals surface area (Å²) in [7, 11) is 0. The van der Waals surface area contributed by atoms with Gasteiger partial charge in [-0.3, -0.25) is 9.78 Å². The van der Waals surface area contributed by atoms with Gasteiger partial charge in [-0.25, -0.2) is 4.39 Å². The maximum absolute atomic E-state index is 13.1. The summed E-state index contributed by atoms with van der Waals surface area (Å²) in [6, 6.07) is 10.1. The normalized spacial score (nSPS) is 15.3. The molecule has 2 aromatic rings. The number of carbonyl (C=O) groups is 1. The van der Waals surface area contributed by atoms with Crippen LogP contribution in [0.25, 0.3) is 0 Å². The maximum atomic E-state index is 13.1. The van der Waals surface area contributed by atoms with Crippen molar-refractivity contribution in [3.05, 3.63) is 65.7 Å². The van der Waals surface area contributed by atoms with Crippen LogP contribution in [-0.4, -0.2) is 35.5 Å². The third kappa shape index (κ3) is 5.10. The first-order valence-corrected chi connectivity index (χ1v) is 8.74. The van der Waals surface area contributed by atoms with Crippen molar-refractivity contribution in [1.29, 1.82) is 0 Å². The van der Waals surface area contributed by atoms with Crippen LogP contribution in [0.2, 0.25) is 0 Å². The predicted octanol–water partition coefficient (Wildman–Crippen LogP) is 3.68. The quantitative estimate of drug-likeness (QED) is 0.752. The van der Waals surface area contributed by atoms with E-state index in [1.807, 2.05) is 17.0 Å². The second kappa shape index (κ2) is 8.72. The standard InChI is InChI=1S/C20H23FN2O2/c21-19-5-1-3-17(13-19)15-25-12-8-16-6-10-23(11-7-16)20(24)18-4-2-9-22-14-18/h1-5,9,13-14,16H,6-8,10-12,15H2. The van der Waals surface area contributed by atoms with E-state index in [2.05, 4.69) is 4.98 Å². The number of piperidine rings is 1. The number of hydrogen-bond donors (Lipinski definition) is 0. The Labute approximate surface area is 147 Å². The highest BCUT2D eigenvalue weighted by atomic mass is 19.1. The summed E-state index contributed by atoms with van der Waals surface area (Å²) in [4.78, 5) is 18.3. The smallest absolute Gasteiger partial charge is 0.255 e. The Morgan fingerprint density at radius 1 is 1.24 bits per heavy atom. The van der Waals surface area contributed by atoms with Crippen molar-refractivity contribution in [3.8, 4) is 0 Å². The number of halogens is 1. The van der Waals surface area contributed by atoms with Gasteiger partial charge in [0.15, 0.2) is 0 Å². The lowest BCUT2D eigenvalue weighted by molar-refractivity contribution is 0.0638. The minimum atomic E-state index is -0.230. The molecule has 1 amide bonds. The van der Waals surface area contributed by atoms with Gasteiger partial charge in [0.05, 0.1) is 12.2 Å². The highest BCUT2D eigenvalue weighted by Gasteiger charge is 2.23. The van der Waals surface area contributed by atoms with Crippen LogP contribution in [0.5, 0.6) is 0 Å². The van der Waals surface area contributed by atoms with Crippen LogP contribution < -0.4 is 0 Å². The van der Waals surface area contributed by atoms with Crippen LogP contribution in [0, 0.1) is 11.7 Å². The van der Waals surface area contributed by atoms with Crippen LogP contribution in [0.1, 0.15) is 35.2 Å². The largest absolute Gasteiger partial charge is 0.377 e. The van der Waals surface area contributed by atoms with Gasteiger partial charge in [0, 0.05) is 32.1 Å². The average molecular weight is 342 g/mol. The number of carbonyl (C=O) groups excluding carboxylic acids is 1. The van der Waals surface area contributed by atoms with E-state index in [4.69, 9.17) is 4.74 Å². The number of benzene rings is 1. The Morgan fingerprint density at radius 3 is 2.80 bits per heavy atom. The molecule has 0 unspecified atom stereocenters. The molecular weight excluding hydrogens is 319 g/mol. The van der Waals surface area contributed by atoms with Crippen LogP contribution >= 0.6 is 0 Å². The second-order valence-electron chi connectivity index (χ2n) is 6.45. The molecule has 0 saturated carbocycles. The topological polar surface area (TPSA) is 42.4 Å². The number of ether oxygens (including phenoxy) is 1. The summed E-state index contributed by atoms with van der Waals surface area (Å²) in [6.45, 7) is 2.67. The van der Waals surface area contributed by atoms with Crippen LogP contribution in [0.3, 0.4) is 0 Å². The minimum Gasteiger partial charge on any atom is -0.377 e. The van der Waals surface area contributed by atoms with Crippen molar-refractivity contribution in [1.82, 2.24) is 9.88 Å². The third-order valence-corrected chi connectivity index (χ3v) is 4.64. The first kappa shape index (κ1) is 17.5. The molecule has 132 valence electrons. The average Bonchev–Trinajstić information content (AvgIpc) is 2.66. The van der Waals surface area contributed by atoms with Crippen LogP contribution in [-0.2, 0) is 11.3 Å². The molecule has 25 heavy (non-hydrogen) atoms. The van der Waals surface area contributed by atoms with Gasteiger partial charge in [-0.05, 0) is 55.0 Å². The van der Waals surface area contributed by atoms with Crippen molar-refractivity contribution >= 4 is 5.91 Å². The molecule has 1 aromatic carbocycles. The molecule has 1 aliphatic heterocycles. The predicted molar refractivity (Wildman–Crippen MR) is 93.5 cm³/mol. The van der Waals surface area contributed by atoms with Gasteiger partial charge < -0.3 is 9.64 Å². The summed E-state index contributed by atoms with van der Waals surface area (Å²) in [5.74, 6) is 0.408. The fourth-order valence-electron chi connectivity index (χ4n) is 3.16. The number of rotatable bonds is 6. The Hall–Kier alpha value is -2.27. The van der Waals surface area contributed by atoms with Gasteiger partial charge in [0.1, 0.15) is 5.82 Å². The fourth-order valence-corrected chi connectivity index (χ4v) is 3.16. The first-order valence-electron chi connectivity index (χ1n) is 8.74. The van der Waals surface area contributed by atoms with Crippen molar-refractivity contribution in [2.75, 3.05) is 19.7 Å². The highest BCUT2D eigenvalue weighted by Crippen LogP contribution is 2.22. The van der Waals surface area contributed by atoms with E-state index in [0.717, 1.165) is 37.9 Å². The van der Waals surface area contributed by atoms with E-state index in [9.17, 15) is 9.18 Å². The molecule has 1 fully saturated rings. The number of likely N-dealkylation sites (tertiary alicyclic amines) is 1. The molecule has 1 saturated heterocycles. The number of amides is 1. The zero-order valence-electron chi connectivity index (χ0n) is 14.2. The van der Waals surface area contributed by atoms with E-state index in [1.165, 1.54) is 12.1 Å². The molecule has 5 heteroatoms. The molecule has 0 aliphatic carbocycles. The van der Waals surface area contributed by atoms with E-state index >= 15 is 0 Å². The summed E-state index contributed by atoms with van der Waals surface area (Å²) in [5.41, 5.74) is 1.51. The van der Waals surface area contributed by atoms with E-state index in [-0.39, 0.29) is 11.7 Å². The zero-order valence-corrected chi connectivity index (χ0v) is 14.2. The lowest BCUT2D eigenvalue weighted by Crippen LogP contribution is -2.38. The Kier molecular flexibility index (Phi) is 6.12. The Bertz CT molecular complexity index is 685. The molecule has 2 heterocycles. The van der Waals surface area contributed by atoms with Gasteiger partial charge >= 0.3 is 0 Å². The number of hydrogen-bond acceptors (Lipinski definition) is 3. The lowest BCUT2D eigenvalue weighted by atomic mass is 9.93.